The largest absolute Gasteiger partial charge is 0.380 e. The maximum atomic E-state index is 4.93. The van der Waals surface area contributed by atoms with E-state index in [1.807, 2.05) is 30.3 Å². The van der Waals surface area contributed by atoms with Crippen LogP contribution < -0.4 is 0 Å². The van der Waals surface area contributed by atoms with Gasteiger partial charge in [-0.3, -0.25) is 0 Å². The van der Waals surface area contributed by atoms with E-state index in [0.29, 0.717) is 12.5 Å². The molecule has 114 valence electrons. The molecule has 0 spiro atoms. The van der Waals surface area contributed by atoms with Gasteiger partial charge in [-0.15, -0.1) is 0 Å². The second kappa shape index (κ2) is 8.35. The van der Waals surface area contributed by atoms with E-state index in [4.69, 9.17) is 4.74 Å². The molecule has 0 aliphatic heterocycles. The summed E-state index contributed by atoms with van der Waals surface area (Å²) in [5.74, 6) is 0.615. The molecule has 0 saturated heterocycles. The highest BCUT2D eigenvalue weighted by Crippen LogP contribution is 2.20. The lowest BCUT2D eigenvalue weighted by Gasteiger charge is -2.06. The van der Waals surface area contributed by atoms with E-state index in [0.717, 1.165) is 0 Å². The maximum Gasteiger partial charge on any atom is 0.0713 e. The van der Waals surface area contributed by atoms with Gasteiger partial charge in [0.2, 0.25) is 0 Å². The Hall–Kier alpha value is -2.12. The quantitative estimate of drug-likeness (QED) is 0.593. The van der Waals surface area contributed by atoms with Crippen LogP contribution in [0, 0.1) is 0 Å². The van der Waals surface area contributed by atoms with Crippen molar-refractivity contribution in [2.45, 2.75) is 26.4 Å². The number of benzene rings is 3. The van der Waals surface area contributed by atoms with Crippen molar-refractivity contribution in [3.8, 4) is 0 Å². The summed E-state index contributed by atoms with van der Waals surface area (Å²) in [6.45, 7) is 5.16. The minimum atomic E-state index is 0.615. The number of rotatable bonds is 3. The first-order valence-corrected chi connectivity index (χ1v) is 7.72. The van der Waals surface area contributed by atoms with Crippen molar-refractivity contribution in [2.24, 2.45) is 0 Å². The molecule has 0 aliphatic rings. The van der Waals surface area contributed by atoms with E-state index in [9.17, 15) is 0 Å². The van der Waals surface area contributed by atoms with Gasteiger partial charge >= 0.3 is 0 Å². The molecule has 0 radical (unpaired) electrons. The van der Waals surface area contributed by atoms with Crippen molar-refractivity contribution in [2.75, 3.05) is 7.11 Å². The van der Waals surface area contributed by atoms with Crippen LogP contribution >= 0.6 is 0 Å². The summed E-state index contributed by atoms with van der Waals surface area (Å²) in [5.41, 5.74) is 2.64. The average Bonchev–Trinajstić information content (AvgIpc) is 2.56. The Morgan fingerprint density at radius 1 is 0.773 bits per heavy atom. The Balaban J connectivity index is 0.000000172. The zero-order chi connectivity index (χ0) is 15.8. The van der Waals surface area contributed by atoms with E-state index >= 15 is 0 Å². The first-order chi connectivity index (χ1) is 10.7. The summed E-state index contributed by atoms with van der Waals surface area (Å²) >= 11 is 0. The van der Waals surface area contributed by atoms with E-state index in [-0.39, 0.29) is 0 Å². The summed E-state index contributed by atoms with van der Waals surface area (Å²) in [6.07, 6.45) is 0. The second-order valence-corrected chi connectivity index (χ2v) is 5.68. The van der Waals surface area contributed by atoms with Crippen LogP contribution in [0.1, 0.15) is 30.9 Å². The molecule has 0 fully saturated rings. The maximum absolute atomic E-state index is 4.93. The topological polar surface area (TPSA) is 9.23 Å². The van der Waals surface area contributed by atoms with Gasteiger partial charge in [-0.25, -0.2) is 0 Å². The summed E-state index contributed by atoms with van der Waals surface area (Å²) in [7, 11) is 1.70. The zero-order valence-corrected chi connectivity index (χ0v) is 13.6. The van der Waals surface area contributed by atoms with E-state index in [2.05, 4.69) is 56.3 Å². The fraction of sp³-hybridized carbons (Fsp3) is 0.238. The van der Waals surface area contributed by atoms with Crippen LogP contribution in [0.25, 0.3) is 10.8 Å². The third-order valence-corrected chi connectivity index (χ3v) is 3.59. The molecule has 1 heteroatoms. The Labute approximate surface area is 133 Å². The molecule has 22 heavy (non-hydrogen) atoms. The molecule has 0 amide bonds. The minimum absolute atomic E-state index is 0.615. The van der Waals surface area contributed by atoms with E-state index in [1.54, 1.807) is 7.11 Å². The molecule has 0 aromatic heterocycles. The summed E-state index contributed by atoms with van der Waals surface area (Å²) in [4.78, 5) is 0. The van der Waals surface area contributed by atoms with Gasteiger partial charge in [-0.2, -0.15) is 0 Å². The number of fused-ring (bicyclic) bond motifs is 1. The van der Waals surface area contributed by atoms with Crippen LogP contribution in [0.15, 0.2) is 72.8 Å². The lowest BCUT2D eigenvalue weighted by Crippen LogP contribution is -1.85. The first-order valence-electron chi connectivity index (χ1n) is 7.72. The minimum Gasteiger partial charge on any atom is -0.380 e. The predicted molar refractivity (Wildman–Crippen MR) is 95.2 cm³/mol. The van der Waals surface area contributed by atoms with Crippen molar-refractivity contribution in [3.63, 3.8) is 0 Å². The molecule has 0 aliphatic carbocycles. The van der Waals surface area contributed by atoms with Crippen molar-refractivity contribution in [1.29, 1.82) is 0 Å². The second-order valence-electron chi connectivity index (χ2n) is 5.68. The Kier molecular flexibility index (Phi) is 6.17. The van der Waals surface area contributed by atoms with Crippen LogP contribution in [0.5, 0.6) is 0 Å². The van der Waals surface area contributed by atoms with Crippen LogP contribution in [0.3, 0.4) is 0 Å². The molecule has 3 aromatic carbocycles. The molecular weight excluding hydrogens is 268 g/mol. The van der Waals surface area contributed by atoms with Crippen molar-refractivity contribution < 1.29 is 4.74 Å². The molecule has 0 atom stereocenters. The molecule has 0 unspecified atom stereocenters. The van der Waals surface area contributed by atoms with Gasteiger partial charge < -0.3 is 4.74 Å². The molecule has 0 saturated carbocycles. The van der Waals surface area contributed by atoms with Gasteiger partial charge in [0, 0.05) is 7.11 Å². The fourth-order valence-corrected chi connectivity index (χ4v) is 2.31. The van der Waals surface area contributed by atoms with Gasteiger partial charge in [0.05, 0.1) is 6.61 Å². The standard InChI is InChI=1S/C13H14.C8H10O/c1-10(2)12-8-7-11-5-3-4-6-13(11)9-12;1-9-7-8-5-3-2-4-6-8/h3-10H,1-2H3;2-6H,7H2,1H3. The predicted octanol–water partition coefficient (Wildman–Crippen LogP) is 5.80. The van der Waals surface area contributed by atoms with Crippen molar-refractivity contribution in [1.82, 2.24) is 0 Å². The molecule has 3 rings (SSSR count). The monoisotopic (exact) mass is 292 g/mol. The number of ether oxygens (including phenoxy) is 1. The molecule has 0 heterocycles. The van der Waals surface area contributed by atoms with Crippen LogP contribution in [0.4, 0.5) is 0 Å². The van der Waals surface area contributed by atoms with Gasteiger partial charge in [-0.1, -0.05) is 86.6 Å². The third-order valence-electron chi connectivity index (χ3n) is 3.59. The fourth-order valence-electron chi connectivity index (χ4n) is 2.31. The lowest BCUT2D eigenvalue weighted by molar-refractivity contribution is 0.185. The summed E-state index contributed by atoms with van der Waals surface area (Å²) in [6, 6.07) is 25.3. The normalized spacial score (nSPS) is 10.4. The molecule has 0 bridgehead atoms. The van der Waals surface area contributed by atoms with E-state index < -0.39 is 0 Å². The van der Waals surface area contributed by atoms with E-state index in [1.165, 1.54) is 21.9 Å². The zero-order valence-electron chi connectivity index (χ0n) is 13.6. The highest BCUT2D eigenvalue weighted by molar-refractivity contribution is 5.83. The average molecular weight is 292 g/mol. The van der Waals surface area contributed by atoms with Gasteiger partial charge in [0.25, 0.3) is 0 Å². The molecule has 3 aromatic rings. The highest BCUT2D eigenvalue weighted by atomic mass is 16.5. The number of methoxy groups -OCH3 is 1. The van der Waals surface area contributed by atoms with Gasteiger partial charge in [-0.05, 0) is 27.8 Å². The smallest absolute Gasteiger partial charge is 0.0713 e. The van der Waals surface area contributed by atoms with Crippen LogP contribution in [-0.4, -0.2) is 7.11 Å². The first kappa shape index (κ1) is 16.3. The summed E-state index contributed by atoms with van der Waals surface area (Å²) in [5, 5.41) is 2.67. The van der Waals surface area contributed by atoms with Gasteiger partial charge in [0.15, 0.2) is 0 Å². The Morgan fingerprint density at radius 2 is 1.41 bits per heavy atom. The Morgan fingerprint density at radius 3 is 2.05 bits per heavy atom. The third kappa shape index (κ3) is 4.71. The molecule has 0 N–H and O–H groups in total. The lowest BCUT2D eigenvalue weighted by atomic mass is 9.99. The highest BCUT2D eigenvalue weighted by Gasteiger charge is 1.99. The van der Waals surface area contributed by atoms with Crippen LogP contribution in [-0.2, 0) is 11.3 Å². The number of hydrogen-bond donors (Lipinski definition) is 0. The number of hydrogen-bond acceptors (Lipinski definition) is 1. The SMILES string of the molecule is CC(C)c1ccc2ccccc2c1.COCc1ccccc1. The molecule has 1 nitrogen and oxygen atoms in total. The molecular formula is C21H24O. The van der Waals surface area contributed by atoms with Gasteiger partial charge in [0.1, 0.15) is 0 Å². The van der Waals surface area contributed by atoms with Crippen molar-refractivity contribution >= 4 is 10.8 Å². The Bertz CT molecular complexity index is 686. The van der Waals surface area contributed by atoms with Crippen LogP contribution in [0.2, 0.25) is 0 Å². The van der Waals surface area contributed by atoms with Crippen molar-refractivity contribution in [3.05, 3.63) is 83.9 Å². The summed E-state index contributed by atoms with van der Waals surface area (Å²) < 4.78 is 4.93.